The van der Waals surface area contributed by atoms with Crippen LogP contribution in [0, 0.1) is 0 Å². The second kappa shape index (κ2) is 6.45. The monoisotopic (exact) mass is 306 g/mol. The number of aromatic nitrogens is 1. The molecule has 0 spiro atoms. The number of nitrogens with zero attached hydrogens (tertiary/aromatic N) is 2. The number of hydrogen-bond donors (Lipinski definition) is 1. The summed E-state index contributed by atoms with van der Waals surface area (Å²) in [5.74, 6) is 0.200. The number of ether oxygens (including phenoxy) is 1. The van der Waals surface area contributed by atoms with Crippen LogP contribution >= 0.6 is 11.6 Å². The van der Waals surface area contributed by atoms with E-state index in [1.165, 1.54) is 18.1 Å². The highest BCUT2D eigenvalue weighted by atomic mass is 35.5. The van der Waals surface area contributed by atoms with Gasteiger partial charge in [-0.25, -0.2) is 4.98 Å². The summed E-state index contributed by atoms with van der Waals surface area (Å²) in [6.07, 6.45) is 0. The Morgan fingerprint density at radius 1 is 1.38 bits per heavy atom. The van der Waals surface area contributed by atoms with Crippen LogP contribution in [0.2, 0.25) is 5.15 Å². The third kappa shape index (κ3) is 3.64. The fourth-order valence-corrected chi connectivity index (χ4v) is 2.05. The number of hydrogen-bond acceptors (Lipinski definition) is 4. The molecular formula is C15H15ClN2O3. The van der Waals surface area contributed by atoms with E-state index >= 15 is 0 Å². The highest BCUT2D eigenvalue weighted by Gasteiger charge is 2.14. The first-order valence-corrected chi connectivity index (χ1v) is 6.63. The van der Waals surface area contributed by atoms with Gasteiger partial charge in [0.05, 0.1) is 7.11 Å². The molecule has 5 nitrogen and oxygen atoms in total. The average Bonchev–Trinajstić information content (AvgIpc) is 2.48. The Labute approximate surface area is 127 Å². The fourth-order valence-electron chi connectivity index (χ4n) is 1.89. The molecule has 110 valence electrons. The van der Waals surface area contributed by atoms with Gasteiger partial charge in [-0.2, -0.15) is 0 Å². The number of pyridine rings is 1. The number of carbonyl (C=O) groups is 1. The molecule has 1 aromatic carbocycles. The van der Waals surface area contributed by atoms with Crippen molar-refractivity contribution >= 4 is 17.5 Å². The van der Waals surface area contributed by atoms with Crippen LogP contribution in [0.15, 0.2) is 36.4 Å². The predicted octanol–water partition coefficient (Wildman–Crippen LogP) is 2.72. The molecule has 1 aromatic heterocycles. The molecule has 1 N–H and O–H groups in total. The molecule has 0 saturated carbocycles. The van der Waals surface area contributed by atoms with E-state index in [2.05, 4.69) is 4.98 Å². The lowest BCUT2D eigenvalue weighted by molar-refractivity contribution is 0.0779. The first-order chi connectivity index (χ1) is 10.0. The number of aromatic hydroxyl groups is 1. The molecule has 2 rings (SSSR count). The summed E-state index contributed by atoms with van der Waals surface area (Å²) in [6.45, 7) is 0.365. The van der Waals surface area contributed by atoms with Gasteiger partial charge in [0.15, 0.2) is 11.5 Å². The predicted molar refractivity (Wildman–Crippen MR) is 79.7 cm³/mol. The normalized spacial score (nSPS) is 10.2. The van der Waals surface area contributed by atoms with Gasteiger partial charge in [0.25, 0.3) is 5.91 Å². The molecule has 0 bridgehead atoms. The Kier molecular flexibility index (Phi) is 4.65. The van der Waals surface area contributed by atoms with Gasteiger partial charge in [-0.15, -0.1) is 0 Å². The van der Waals surface area contributed by atoms with Crippen molar-refractivity contribution in [3.63, 3.8) is 0 Å². The minimum Gasteiger partial charge on any atom is -0.504 e. The number of rotatable bonds is 4. The maximum Gasteiger partial charge on any atom is 0.272 e. The Morgan fingerprint density at radius 2 is 2.14 bits per heavy atom. The fraction of sp³-hybridized carbons (Fsp3) is 0.200. The van der Waals surface area contributed by atoms with Crippen LogP contribution in [0.5, 0.6) is 11.5 Å². The summed E-state index contributed by atoms with van der Waals surface area (Å²) >= 11 is 5.78. The van der Waals surface area contributed by atoms with E-state index < -0.39 is 0 Å². The lowest BCUT2D eigenvalue weighted by atomic mass is 10.2. The van der Waals surface area contributed by atoms with E-state index in [0.29, 0.717) is 12.3 Å². The minimum absolute atomic E-state index is 0.0618. The minimum atomic E-state index is -0.232. The lowest BCUT2D eigenvalue weighted by Crippen LogP contribution is -2.27. The van der Waals surface area contributed by atoms with Crippen LogP contribution in [-0.2, 0) is 6.54 Å². The van der Waals surface area contributed by atoms with E-state index in [9.17, 15) is 9.90 Å². The van der Waals surface area contributed by atoms with E-state index in [1.807, 2.05) is 0 Å². The third-order valence-corrected chi connectivity index (χ3v) is 3.16. The quantitative estimate of drug-likeness (QED) is 0.882. The van der Waals surface area contributed by atoms with Gasteiger partial charge >= 0.3 is 0 Å². The van der Waals surface area contributed by atoms with Gasteiger partial charge in [-0.3, -0.25) is 4.79 Å². The molecule has 0 aliphatic heterocycles. The zero-order valence-corrected chi connectivity index (χ0v) is 12.5. The van der Waals surface area contributed by atoms with Crippen molar-refractivity contribution in [1.82, 2.24) is 9.88 Å². The summed E-state index contributed by atoms with van der Waals surface area (Å²) in [4.78, 5) is 17.8. The molecule has 0 unspecified atom stereocenters. The zero-order chi connectivity index (χ0) is 15.4. The molecule has 0 aliphatic carbocycles. The molecular weight excluding hydrogens is 292 g/mol. The smallest absolute Gasteiger partial charge is 0.272 e. The van der Waals surface area contributed by atoms with Crippen LogP contribution < -0.4 is 4.74 Å². The largest absolute Gasteiger partial charge is 0.504 e. The van der Waals surface area contributed by atoms with Gasteiger partial charge in [0, 0.05) is 13.6 Å². The summed E-state index contributed by atoms with van der Waals surface area (Å²) in [7, 11) is 3.15. The average molecular weight is 307 g/mol. The third-order valence-electron chi connectivity index (χ3n) is 2.94. The summed E-state index contributed by atoms with van der Waals surface area (Å²) < 4.78 is 5.04. The maximum atomic E-state index is 12.2. The van der Waals surface area contributed by atoms with Gasteiger partial charge in [0.1, 0.15) is 10.8 Å². The highest BCUT2D eigenvalue weighted by molar-refractivity contribution is 6.29. The van der Waals surface area contributed by atoms with E-state index in [1.54, 1.807) is 37.4 Å². The molecule has 0 radical (unpaired) electrons. The van der Waals surface area contributed by atoms with Crippen molar-refractivity contribution in [3.8, 4) is 11.5 Å². The van der Waals surface area contributed by atoms with Crippen LogP contribution in [0.3, 0.4) is 0 Å². The van der Waals surface area contributed by atoms with Crippen LogP contribution in [0.4, 0.5) is 0 Å². The summed E-state index contributed by atoms with van der Waals surface area (Å²) in [5, 5.41) is 9.83. The zero-order valence-electron chi connectivity index (χ0n) is 11.7. The van der Waals surface area contributed by atoms with Crippen molar-refractivity contribution in [1.29, 1.82) is 0 Å². The standard InChI is InChI=1S/C15H15ClN2O3/c1-18(15(20)11-4-3-5-14(16)17-11)9-10-6-7-12(19)13(8-10)21-2/h3-8,19H,9H2,1-2H3. The Balaban J connectivity index is 2.14. The SMILES string of the molecule is COc1cc(CN(C)C(=O)c2cccc(Cl)n2)ccc1O. The number of halogens is 1. The number of phenols is 1. The molecule has 0 atom stereocenters. The summed E-state index contributed by atoms with van der Waals surface area (Å²) in [6, 6.07) is 9.85. The number of carbonyl (C=O) groups excluding carboxylic acids is 1. The Bertz CT molecular complexity index is 661. The first kappa shape index (κ1) is 15.1. The number of methoxy groups -OCH3 is 1. The lowest BCUT2D eigenvalue weighted by Gasteiger charge is -2.17. The van der Waals surface area contributed by atoms with Gasteiger partial charge < -0.3 is 14.7 Å². The van der Waals surface area contributed by atoms with Crippen molar-refractivity contribution in [3.05, 3.63) is 52.8 Å². The van der Waals surface area contributed by atoms with Crippen LogP contribution in [0.1, 0.15) is 16.1 Å². The van der Waals surface area contributed by atoms with Crippen LogP contribution in [-0.4, -0.2) is 35.1 Å². The van der Waals surface area contributed by atoms with E-state index in [4.69, 9.17) is 16.3 Å². The van der Waals surface area contributed by atoms with Crippen molar-refractivity contribution < 1.29 is 14.6 Å². The molecule has 0 aliphatic rings. The van der Waals surface area contributed by atoms with Crippen molar-refractivity contribution in [2.24, 2.45) is 0 Å². The van der Waals surface area contributed by atoms with Crippen LogP contribution in [0.25, 0.3) is 0 Å². The number of benzene rings is 1. The molecule has 0 fully saturated rings. The molecule has 2 aromatic rings. The van der Waals surface area contributed by atoms with E-state index in [0.717, 1.165) is 5.56 Å². The maximum absolute atomic E-state index is 12.2. The Morgan fingerprint density at radius 3 is 2.81 bits per heavy atom. The Hall–Kier alpha value is -2.27. The molecule has 0 saturated heterocycles. The molecule has 1 amide bonds. The second-order valence-corrected chi connectivity index (χ2v) is 4.90. The highest BCUT2D eigenvalue weighted by Crippen LogP contribution is 2.26. The van der Waals surface area contributed by atoms with Gasteiger partial charge in [0.2, 0.25) is 0 Å². The number of phenolic OH excluding ortho intramolecular Hbond substituents is 1. The topological polar surface area (TPSA) is 62.7 Å². The number of amides is 1. The molecule has 1 heterocycles. The summed E-state index contributed by atoms with van der Waals surface area (Å²) in [5.41, 5.74) is 1.12. The van der Waals surface area contributed by atoms with Gasteiger partial charge in [-0.1, -0.05) is 23.7 Å². The van der Waals surface area contributed by atoms with Gasteiger partial charge in [-0.05, 0) is 29.8 Å². The van der Waals surface area contributed by atoms with E-state index in [-0.39, 0.29) is 22.5 Å². The second-order valence-electron chi connectivity index (χ2n) is 4.51. The first-order valence-electron chi connectivity index (χ1n) is 6.25. The van der Waals surface area contributed by atoms with Crippen molar-refractivity contribution in [2.45, 2.75) is 6.54 Å². The molecule has 6 heteroatoms. The molecule has 21 heavy (non-hydrogen) atoms. The van der Waals surface area contributed by atoms with Crippen molar-refractivity contribution in [2.75, 3.05) is 14.2 Å².